The molecule has 2 aromatic carbocycles. The lowest BCUT2D eigenvalue weighted by Crippen LogP contribution is -2.07. The minimum absolute atomic E-state index is 0.222. The highest BCUT2D eigenvalue weighted by atomic mass is 16.5. The minimum atomic E-state index is -0.412. The van der Waals surface area contributed by atoms with E-state index in [1.807, 2.05) is 54.6 Å². The summed E-state index contributed by atoms with van der Waals surface area (Å²) >= 11 is 0. The van der Waals surface area contributed by atoms with E-state index < -0.39 is 5.97 Å². The van der Waals surface area contributed by atoms with Crippen LogP contribution in [-0.2, 0) is 11.3 Å². The van der Waals surface area contributed by atoms with Gasteiger partial charge in [0.15, 0.2) is 0 Å². The van der Waals surface area contributed by atoms with Gasteiger partial charge in [0.05, 0.1) is 0 Å². The van der Waals surface area contributed by atoms with Gasteiger partial charge in [0.1, 0.15) is 18.8 Å². The minimum Gasteiger partial charge on any atom is -0.474 e. The summed E-state index contributed by atoms with van der Waals surface area (Å²) in [5.74, 6) is -0.00507. The fraction of sp³-hybridized carbons (Fsp3) is 0.105. The topological polar surface area (TPSA) is 51.3 Å². The number of para-hydroxylation sites is 1. The average Bonchev–Trinajstić information content (AvgIpc) is 2.97. The van der Waals surface area contributed by atoms with E-state index in [9.17, 15) is 4.79 Å². The molecule has 3 aromatic rings. The van der Waals surface area contributed by atoms with Crippen LogP contribution in [0, 0.1) is 0 Å². The first-order chi connectivity index (χ1) is 11.3. The van der Waals surface area contributed by atoms with Crippen LogP contribution < -0.4 is 4.74 Å². The van der Waals surface area contributed by atoms with Gasteiger partial charge >= 0.3 is 5.97 Å². The molecule has 0 spiro atoms. The summed E-state index contributed by atoms with van der Waals surface area (Å²) < 4.78 is 11.0. The molecule has 116 valence electrons. The van der Waals surface area contributed by atoms with E-state index in [4.69, 9.17) is 9.47 Å². The molecular weight excluding hydrogens is 290 g/mol. The van der Waals surface area contributed by atoms with E-state index in [0.717, 1.165) is 16.5 Å². The number of fused-ring (bicyclic) bond motifs is 1. The second kappa shape index (κ2) is 6.83. The van der Waals surface area contributed by atoms with Crippen LogP contribution in [0.5, 0.6) is 5.88 Å². The first-order valence-corrected chi connectivity index (χ1v) is 7.35. The van der Waals surface area contributed by atoms with E-state index in [0.29, 0.717) is 18.1 Å². The van der Waals surface area contributed by atoms with Gasteiger partial charge in [0.25, 0.3) is 0 Å². The highest BCUT2D eigenvalue weighted by molar-refractivity contribution is 6.06. The van der Waals surface area contributed by atoms with E-state index in [2.05, 4.69) is 11.6 Å². The predicted octanol–water partition coefficient (Wildman–Crippen LogP) is 4.09. The lowest BCUT2D eigenvalue weighted by molar-refractivity contribution is 0.0471. The number of carbonyl (C=O) groups excluding carboxylic acids is 1. The molecule has 0 saturated carbocycles. The highest BCUT2D eigenvalue weighted by Crippen LogP contribution is 2.29. The fourth-order valence-electron chi connectivity index (χ4n) is 2.37. The molecule has 0 aliphatic heterocycles. The van der Waals surface area contributed by atoms with Crippen LogP contribution in [0.2, 0.25) is 0 Å². The van der Waals surface area contributed by atoms with Crippen LogP contribution in [0.25, 0.3) is 10.9 Å². The zero-order valence-electron chi connectivity index (χ0n) is 12.6. The summed E-state index contributed by atoms with van der Waals surface area (Å²) in [5, 5.41) is 0.782. The lowest BCUT2D eigenvalue weighted by Gasteiger charge is -2.07. The summed E-state index contributed by atoms with van der Waals surface area (Å²) in [4.78, 5) is 15.6. The van der Waals surface area contributed by atoms with Crippen LogP contribution in [0.3, 0.4) is 0 Å². The van der Waals surface area contributed by atoms with Gasteiger partial charge in [0, 0.05) is 10.9 Å². The number of benzene rings is 2. The molecule has 0 fully saturated rings. The number of hydrogen-bond acceptors (Lipinski definition) is 3. The van der Waals surface area contributed by atoms with E-state index in [1.54, 1.807) is 6.08 Å². The quantitative estimate of drug-likeness (QED) is 0.551. The summed E-state index contributed by atoms with van der Waals surface area (Å²) in [5.41, 5.74) is 2.19. The Kier molecular flexibility index (Phi) is 4.43. The Morgan fingerprint density at radius 1 is 1.09 bits per heavy atom. The molecule has 1 N–H and O–H groups in total. The van der Waals surface area contributed by atoms with Crippen molar-refractivity contribution in [2.24, 2.45) is 0 Å². The molecule has 4 heteroatoms. The van der Waals surface area contributed by atoms with E-state index in [-0.39, 0.29) is 6.61 Å². The summed E-state index contributed by atoms with van der Waals surface area (Å²) in [6.07, 6.45) is 1.63. The maximum Gasteiger partial charge on any atom is 0.344 e. The molecule has 4 nitrogen and oxygen atoms in total. The van der Waals surface area contributed by atoms with Crippen molar-refractivity contribution in [1.29, 1.82) is 0 Å². The third-order valence-electron chi connectivity index (χ3n) is 3.43. The van der Waals surface area contributed by atoms with Gasteiger partial charge in [-0.05, 0) is 11.6 Å². The van der Waals surface area contributed by atoms with Crippen LogP contribution in [0.4, 0.5) is 0 Å². The SMILES string of the molecule is C=CCOc1[nH]c2ccccc2c1C(=O)OCc1ccccc1. The van der Waals surface area contributed by atoms with E-state index >= 15 is 0 Å². The Hall–Kier alpha value is -3.01. The first kappa shape index (κ1) is 14.9. The van der Waals surface area contributed by atoms with Crippen molar-refractivity contribution in [2.45, 2.75) is 6.61 Å². The lowest BCUT2D eigenvalue weighted by atomic mass is 10.1. The molecule has 1 heterocycles. The number of aromatic nitrogens is 1. The number of aromatic amines is 1. The maximum absolute atomic E-state index is 12.5. The molecule has 0 atom stereocenters. The van der Waals surface area contributed by atoms with Crippen LogP contribution in [-0.4, -0.2) is 17.6 Å². The Bertz CT molecular complexity index is 821. The molecule has 0 unspecified atom stereocenters. The Labute approximate surface area is 134 Å². The highest BCUT2D eigenvalue weighted by Gasteiger charge is 2.21. The Balaban J connectivity index is 1.87. The third-order valence-corrected chi connectivity index (χ3v) is 3.43. The van der Waals surface area contributed by atoms with Crippen LogP contribution in [0.15, 0.2) is 67.3 Å². The van der Waals surface area contributed by atoms with Gasteiger partial charge in [-0.2, -0.15) is 0 Å². The molecule has 3 rings (SSSR count). The number of H-pyrrole nitrogens is 1. The van der Waals surface area contributed by atoms with Crippen molar-refractivity contribution in [1.82, 2.24) is 4.98 Å². The van der Waals surface area contributed by atoms with Crippen molar-refractivity contribution >= 4 is 16.9 Å². The number of carbonyl (C=O) groups is 1. The second-order valence-corrected chi connectivity index (χ2v) is 5.04. The standard InChI is InChI=1S/C19H17NO3/c1-2-12-22-18-17(15-10-6-7-11-16(15)20-18)19(21)23-13-14-8-4-3-5-9-14/h2-11,20H,1,12-13H2. The maximum atomic E-state index is 12.5. The summed E-state index contributed by atoms with van der Waals surface area (Å²) in [6.45, 7) is 4.16. The third kappa shape index (κ3) is 3.26. The molecule has 0 bridgehead atoms. The summed E-state index contributed by atoms with van der Waals surface area (Å²) in [6, 6.07) is 17.1. The van der Waals surface area contributed by atoms with Gasteiger partial charge in [-0.3, -0.25) is 0 Å². The predicted molar refractivity (Wildman–Crippen MR) is 89.6 cm³/mol. The van der Waals surface area contributed by atoms with Gasteiger partial charge in [-0.15, -0.1) is 0 Å². The molecule has 1 aromatic heterocycles. The van der Waals surface area contributed by atoms with Crippen molar-refractivity contribution in [2.75, 3.05) is 6.61 Å². The molecule has 0 amide bonds. The van der Waals surface area contributed by atoms with Crippen molar-refractivity contribution in [3.8, 4) is 5.88 Å². The van der Waals surface area contributed by atoms with Gasteiger partial charge in [-0.1, -0.05) is 61.2 Å². The smallest absolute Gasteiger partial charge is 0.344 e. The molecule has 0 saturated heterocycles. The number of nitrogens with one attached hydrogen (secondary N) is 1. The average molecular weight is 307 g/mol. The zero-order chi connectivity index (χ0) is 16.1. The number of esters is 1. The van der Waals surface area contributed by atoms with Crippen molar-refractivity contribution in [3.63, 3.8) is 0 Å². The second-order valence-electron chi connectivity index (χ2n) is 5.04. The zero-order valence-corrected chi connectivity index (χ0v) is 12.6. The number of rotatable bonds is 6. The van der Waals surface area contributed by atoms with E-state index in [1.165, 1.54) is 0 Å². The monoisotopic (exact) mass is 307 g/mol. The van der Waals surface area contributed by atoms with Gasteiger partial charge < -0.3 is 14.5 Å². The molecule has 23 heavy (non-hydrogen) atoms. The largest absolute Gasteiger partial charge is 0.474 e. The number of ether oxygens (including phenoxy) is 2. The first-order valence-electron chi connectivity index (χ1n) is 7.35. The van der Waals surface area contributed by atoms with Gasteiger partial charge in [-0.25, -0.2) is 4.79 Å². The van der Waals surface area contributed by atoms with Crippen molar-refractivity contribution in [3.05, 3.63) is 78.4 Å². The molecule has 0 radical (unpaired) electrons. The Morgan fingerprint density at radius 2 is 1.83 bits per heavy atom. The Morgan fingerprint density at radius 3 is 2.61 bits per heavy atom. The molecule has 0 aliphatic carbocycles. The van der Waals surface area contributed by atoms with Gasteiger partial charge in [0.2, 0.25) is 5.88 Å². The fourth-order valence-corrected chi connectivity index (χ4v) is 2.37. The molecular formula is C19H17NO3. The number of hydrogen-bond donors (Lipinski definition) is 1. The normalized spacial score (nSPS) is 10.4. The molecule has 0 aliphatic rings. The van der Waals surface area contributed by atoms with Crippen LogP contribution >= 0.6 is 0 Å². The van der Waals surface area contributed by atoms with Crippen molar-refractivity contribution < 1.29 is 14.3 Å². The van der Waals surface area contributed by atoms with Crippen LogP contribution in [0.1, 0.15) is 15.9 Å². The summed E-state index contributed by atoms with van der Waals surface area (Å²) in [7, 11) is 0.